The average Bonchev–Trinajstić information content (AvgIpc) is 3.01. The van der Waals surface area contributed by atoms with Gasteiger partial charge in [-0.25, -0.2) is 10.3 Å². The molecule has 2 N–H and O–H groups in total. The molecule has 0 radical (unpaired) electrons. The zero-order valence-electron chi connectivity index (χ0n) is 12.9. The first-order valence-electron chi connectivity index (χ1n) is 7.42. The number of carboxylic acids is 1. The van der Waals surface area contributed by atoms with Crippen LogP contribution in [0.2, 0.25) is 0 Å². The van der Waals surface area contributed by atoms with Crippen LogP contribution in [0.4, 0.5) is 18.9 Å². The van der Waals surface area contributed by atoms with Gasteiger partial charge in [0.15, 0.2) is 5.69 Å². The third-order valence-electron chi connectivity index (χ3n) is 3.91. The number of rotatable bonds is 2. The van der Waals surface area contributed by atoms with E-state index >= 15 is 0 Å². The van der Waals surface area contributed by atoms with E-state index < -0.39 is 17.7 Å². The number of carbonyl (C=O) groups is 1. The number of halogens is 3. The monoisotopic (exact) mass is 361 g/mol. The maximum Gasteiger partial charge on any atom is 0.416 e. The molecule has 3 aromatic rings. The van der Waals surface area contributed by atoms with E-state index in [2.05, 4.69) is 10.5 Å². The second-order valence-electron chi connectivity index (χ2n) is 5.53. The van der Waals surface area contributed by atoms with Crippen molar-refractivity contribution in [1.29, 1.82) is 0 Å². The Morgan fingerprint density at radius 1 is 1.15 bits per heavy atom. The van der Waals surface area contributed by atoms with E-state index in [4.69, 9.17) is 4.84 Å². The van der Waals surface area contributed by atoms with Crippen molar-refractivity contribution < 1.29 is 27.9 Å². The highest BCUT2D eigenvalue weighted by atomic mass is 19.4. The summed E-state index contributed by atoms with van der Waals surface area (Å²) in [4.78, 5) is 20.7. The van der Waals surface area contributed by atoms with Gasteiger partial charge in [0.25, 0.3) is 0 Å². The summed E-state index contributed by atoms with van der Waals surface area (Å²) < 4.78 is 40.2. The Morgan fingerprint density at radius 3 is 2.54 bits per heavy atom. The lowest BCUT2D eigenvalue weighted by Crippen LogP contribution is -2.18. The molecule has 1 aromatic heterocycles. The molecule has 0 aliphatic carbocycles. The van der Waals surface area contributed by atoms with Crippen LogP contribution in [0, 0.1) is 0 Å². The van der Waals surface area contributed by atoms with Gasteiger partial charge in [0, 0.05) is 5.56 Å². The molecule has 0 unspecified atom stereocenters. The predicted octanol–water partition coefficient (Wildman–Crippen LogP) is 3.98. The van der Waals surface area contributed by atoms with E-state index in [-0.39, 0.29) is 23.1 Å². The van der Waals surface area contributed by atoms with Gasteiger partial charge in [0.1, 0.15) is 0 Å². The molecule has 6 nitrogen and oxygen atoms in total. The molecular formula is C17H10F3N3O3. The number of aromatic carboxylic acids is 1. The molecule has 0 saturated carbocycles. The standard InChI is InChI=1S/C17H10F3N3O3/c18-17(19,20)10-6-7-12-11(8-10)22-26-16-21-13(15(24)25)14(23(12)16)9-4-2-1-3-5-9/h1-8,22H,(H,24,25). The second-order valence-corrected chi connectivity index (χ2v) is 5.53. The van der Waals surface area contributed by atoms with E-state index in [0.29, 0.717) is 11.3 Å². The predicted molar refractivity (Wildman–Crippen MR) is 85.2 cm³/mol. The SMILES string of the molecule is O=C(O)c1nc2n(c1-c1ccccc1)-c1ccc(C(F)(F)F)cc1NO2. The summed E-state index contributed by atoms with van der Waals surface area (Å²) in [5, 5.41) is 9.47. The minimum Gasteiger partial charge on any atom is -0.476 e. The number of aromatic nitrogens is 2. The normalized spacial score (nSPS) is 12.6. The van der Waals surface area contributed by atoms with Crippen molar-refractivity contribution in [2.24, 2.45) is 0 Å². The van der Waals surface area contributed by atoms with Crippen molar-refractivity contribution in [3.05, 3.63) is 59.8 Å². The van der Waals surface area contributed by atoms with Crippen LogP contribution in [-0.2, 0) is 6.18 Å². The quantitative estimate of drug-likeness (QED) is 0.722. The van der Waals surface area contributed by atoms with Crippen LogP contribution >= 0.6 is 0 Å². The van der Waals surface area contributed by atoms with E-state index in [1.165, 1.54) is 10.6 Å². The molecule has 0 bridgehead atoms. The molecule has 0 spiro atoms. The number of nitrogens with zero attached hydrogens (tertiary/aromatic N) is 2. The highest BCUT2D eigenvalue weighted by Gasteiger charge is 2.34. The summed E-state index contributed by atoms with van der Waals surface area (Å²) in [5.41, 5.74) is 2.39. The number of imidazole rings is 1. The zero-order valence-corrected chi connectivity index (χ0v) is 12.9. The molecule has 132 valence electrons. The first-order chi connectivity index (χ1) is 12.4. The van der Waals surface area contributed by atoms with E-state index in [1.54, 1.807) is 30.3 Å². The molecule has 1 aliphatic rings. The van der Waals surface area contributed by atoms with Crippen molar-refractivity contribution in [2.75, 3.05) is 5.48 Å². The Hall–Kier alpha value is -3.49. The van der Waals surface area contributed by atoms with Crippen LogP contribution in [0.25, 0.3) is 16.9 Å². The van der Waals surface area contributed by atoms with Crippen LogP contribution in [-0.4, -0.2) is 20.6 Å². The van der Waals surface area contributed by atoms with Gasteiger partial charge in [-0.05, 0) is 18.2 Å². The minimum absolute atomic E-state index is 0.0545. The van der Waals surface area contributed by atoms with Gasteiger partial charge in [0.05, 0.1) is 22.6 Å². The van der Waals surface area contributed by atoms with E-state index in [0.717, 1.165) is 12.1 Å². The maximum absolute atomic E-state index is 12.9. The summed E-state index contributed by atoms with van der Waals surface area (Å²) >= 11 is 0. The molecule has 0 amide bonds. The van der Waals surface area contributed by atoms with Gasteiger partial charge in [-0.1, -0.05) is 30.3 Å². The Kier molecular flexibility index (Phi) is 3.39. The molecule has 2 heterocycles. The van der Waals surface area contributed by atoms with E-state index in [1.807, 2.05) is 0 Å². The first kappa shape index (κ1) is 16.0. The van der Waals surface area contributed by atoms with Crippen LogP contribution in [0.15, 0.2) is 48.5 Å². The van der Waals surface area contributed by atoms with Crippen LogP contribution in [0.1, 0.15) is 16.1 Å². The average molecular weight is 361 g/mol. The summed E-state index contributed by atoms with van der Waals surface area (Å²) in [6.45, 7) is 0. The van der Waals surface area contributed by atoms with Crippen LogP contribution < -0.4 is 10.3 Å². The highest BCUT2D eigenvalue weighted by molar-refractivity contribution is 5.94. The lowest BCUT2D eigenvalue weighted by atomic mass is 10.1. The molecular weight excluding hydrogens is 351 g/mol. The molecule has 1 aliphatic heterocycles. The summed E-state index contributed by atoms with van der Waals surface area (Å²) in [6, 6.07) is 11.6. The Bertz CT molecular complexity index is 1010. The Balaban J connectivity index is 1.98. The van der Waals surface area contributed by atoms with Crippen LogP contribution in [0.5, 0.6) is 6.01 Å². The molecule has 0 fully saturated rings. The Labute approximate surface area is 144 Å². The van der Waals surface area contributed by atoms with Crippen molar-refractivity contribution in [3.63, 3.8) is 0 Å². The number of nitrogens with one attached hydrogen (secondary N) is 1. The molecule has 2 aromatic carbocycles. The van der Waals surface area contributed by atoms with Gasteiger partial charge < -0.3 is 9.94 Å². The van der Waals surface area contributed by atoms with Gasteiger partial charge >= 0.3 is 18.2 Å². The number of fused-ring (bicyclic) bond motifs is 3. The molecule has 26 heavy (non-hydrogen) atoms. The maximum atomic E-state index is 12.9. The molecule has 0 saturated heterocycles. The van der Waals surface area contributed by atoms with Gasteiger partial charge in [-0.15, -0.1) is 0 Å². The lowest BCUT2D eigenvalue weighted by Gasteiger charge is -2.22. The second kappa shape index (κ2) is 5.51. The van der Waals surface area contributed by atoms with Crippen molar-refractivity contribution >= 4 is 11.7 Å². The molecule has 9 heteroatoms. The molecule has 4 rings (SSSR count). The fourth-order valence-corrected chi connectivity index (χ4v) is 2.79. The van der Waals surface area contributed by atoms with Gasteiger partial charge in [-0.2, -0.15) is 18.2 Å². The summed E-state index contributed by atoms with van der Waals surface area (Å²) in [7, 11) is 0. The number of hydrogen-bond acceptors (Lipinski definition) is 4. The Morgan fingerprint density at radius 2 is 1.88 bits per heavy atom. The van der Waals surface area contributed by atoms with Crippen molar-refractivity contribution in [3.8, 4) is 23.0 Å². The van der Waals surface area contributed by atoms with Crippen LogP contribution in [0.3, 0.4) is 0 Å². The van der Waals surface area contributed by atoms with E-state index in [9.17, 15) is 23.1 Å². The van der Waals surface area contributed by atoms with Gasteiger partial charge in [-0.3, -0.25) is 4.57 Å². The topological polar surface area (TPSA) is 76.4 Å². The number of carboxylic acid groups (broad SMARTS) is 1. The fraction of sp³-hybridized carbons (Fsp3) is 0.0588. The summed E-state index contributed by atoms with van der Waals surface area (Å²) in [6.07, 6.45) is -4.51. The third kappa shape index (κ3) is 2.44. The fourth-order valence-electron chi connectivity index (χ4n) is 2.79. The number of anilines is 1. The van der Waals surface area contributed by atoms with Gasteiger partial charge in [0.2, 0.25) is 0 Å². The number of alkyl halides is 3. The molecule has 0 atom stereocenters. The smallest absolute Gasteiger partial charge is 0.416 e. The van der Waals surface area contributed by atoms with Crippen molar-refractivity contribution in [2.45, 2.75) is 6.18 Å². The first-order valence-corrected chi connectivity index (χ1v) is 7.42. The zero-order chi connectivity index (χ0) is 18.5. The highest BCUT2D eigenvalue weighted by Crippen LogP contribution is 2.40. The largest absolute Gasteiger partial charge is 0.476 e. The lowest BCUT2D eigenvalue weighted by molar-refractivity contribution is -0.137. The third-order valence-corrected chi connectivity index (χ3v) is 3.91. The number of hydrogen-bond donors (Lipinski definition) is 2. The summed E-state index contributed by atoms with van der Waals surface area (Å²) in [5.74, 6) is -1.28. The van der Waals surface area contributed by atoms with Crippen molar-refractivity contribution in [1.82, 2.24) is 9.55 Å². The minimum atomic E-state index is -4.51. The number of benzene rings is 2.